The molecule has 0 unspecified atom stereocenters. The van der Waals surface area contributed by atoms with Gasteiger partial charge in [-0.25, -0.2) is 9.37 Å². The Morgan fingerprint density at radius 1 is 0.897 bits per heavy atom. The van der Waals surface area contributed by atoms with E-state index >= 15 is 0 Å². The molecule has 1 aliphatic rings. The molecule has 0 fully saturated rings. The predicted molar refractivity (Wildman–Crippen MR) is 97.4 cm³/mol. The van der Waals surface area contributed by atoms with Gasteiger partial charge in [0, 0.05) is 17.4 Å². The number of hydrogen-bond acceptors (Lipinski definition) is 6. The molecular weight excluding hydrogens is 392 g/mol. The lowest BCUT2D eigenvalue weighted by Crippen LogP contribution is -2.15. The molecule has 1 aromatic heterocycles. The standard InChI is InChI=1S/C19H14F4N4O2/c20-14-10-24-18(26-12-3-1-2-11(8-12)19(21,22)23)27-17(14)25-13-4-5-15-16(9-13)29-7-6-28-15/h1-5,8-10H,6-7H2,(H2,24,25,26,27). The number of hydrogen-bond donors (Lipinski definition) is 2. The van der Waals surface area contributed by atoms with Gasteiger partial charge < -0.3 is 20.1 Å². The van der Waals surface area contributed by atoms with Crippen LogP contribution in [0, 0.1) is 5.82 Å². The van der Waals surface area contributed by atoms with E-state index in [1.54, 1.807) is 18.2 Å². The highest BCUT2D eigenvalue weighted by Gasteiger charge is 2.30. The number of fused-ring (bicyclic) bond motifs is 1. The number of benzene rings is 2. The summed E-state index contributed by atoms with van der Waals surface area (Å²) in [6.45, 7) is 0.855. The van der Waals surface area contributed by atoms with Gasteiger partial charge in [0.15, 0.2) is 23.1 Å². The Morgan fingerprint density at radius 3 is 2.45 bits per heavy atom. The first kappa shape index (κ1) is 18.8. The fourth-order valence-electron chi connectivity index (χ4n) is 2.68. The van der Waals surface area contributed by atoms with Crippen molar-refractivity contribution in [2.24, 2.45) is 0 Å². The summed E-state index contributed by atoms with van der Waals surface area (Å²) in [4.78, 5) is 7.78. The first-order valence-electron chi connectivity index (χ1n) is 8.52. The molecule has 0 saturated heterocycles. The molecule has 2 aromatic carbocycles. The second-order valence-electron chi connectivity index (χ2n) is 6.08. The zero-order chi connectivity index (χ0) is 20.4. The largest absolute Gasteiger partial charge is 0.486 e. The number of nitrogens with one attached hydrogen (secondary N) is 2. The summed E-state index contributed by atoms with van der Waals surface area (Å²) < 4.78 is 63.6. The summed E-state index contributed by atoms with van der Waals surface area (Å²) >= 11 is 0. The molecule has 0 saturated carbocycles. The third-order valence-corrected chi connectivity index (χ3v) is 4.00. The zero-order valence-electron chi connectivity index (χ0n) is 14.8. The second-order valence-corrected chi connectivity index (χ2v) is 6.08. The Labute approximate surface area is 162 Å². The van der Waals surface area contributed by atoms with E-state index in [1.807, 2.05) is 0 Å². The molecule has 0 amide bonds. The minimum atomic E-state index is -4.48. The summed E-state index contributed by atoms with van der Waals surface area (Å²) in [5.41, 5.74) is -0.201. The Hall–Kier alpha value is -3.56. The van der Waals surface area contributed by atoms with Crippen molar-refractivity contribution in [1.29, 1.82) is 0 Å². The smallest absolute Gasteiger partial charge is 0.416 e. The quantitative estimate of drug-likeness (QED) is 0.601. The van der Waals surface area contributed by atoms with Crippen LogP contribution in [0.15, 0.2) is 48.7 Å². The highest BCUT2D eigenvalue weighted by Crippen LogP contribution is 2.34. The first-order valence-corrected chi connectivity index (χ1v) is 8.52. The van der Waals surface area contributed by atoms with E-state index < -0.39 is 17.6 Å². The number of nitrogens with zero attached hydrogens (tertiary/aromatic N) is 2. The number of halogens is 4. The normalized spacial score (nSPS) is 13.1. The highest BCUT2D eigenvalue weighted by molar-refractivity contribution is 5.63. The zero-order valence-corrected chi connectivity index (χ0v) is 14.8. The molecule has 3 aromatic rings. The van der Waals surface area contributed by atoms with Gasteiger partial charge in [0.25, 0.3) is 0 Å². The van der Waals surface area contributed by atoms with Gasteiger partial charge in [-0.15, -0.1) is 0 Å². The average molecular weight is 406 g/mol. The van der Waals surface area contributed by atoms with Crippen molar-refractivity contribution in [2.45, 2.75) is 6.18 Å². The van der Waals surface area contributed by atoms with Crippen LogP contribution in [0.2, 0.25) is 0 Å². The molecule has 4 rings (SSSR count). The molecule has 1 aliphatic heterocycles. The van der Waals surface area contributed by atoms with E-state index in [-0.39, 0.29) is 17.5 Å². The fraction of sp³-hybridized carbons (Fsp3) is 0.158. The summed E-state index contributed by atoms with van der Waals surface area (Å²) in [6.07, 6.45) is -3.56. The summed E-state index contributed by atoms with van der Waals surface area (Å²) in [6, 6.07) is 9.52. The number of aromatic nitrogens is 2. The molecule has 2 N–H and O–H groups in total. The third-order valence-electron chi connectivity index (χ3n) is 4.00. The van der Waals surface area contributed by atoms with Crippen LogP contribution in [0.25, 0.3) is 0 Å². The van der Waals surface area contributed by atoms with Gasteiger partial charge in [0.2, 0.25) is 5.95 Å². The van der Waals surface area contributed by atoms with Gasteiger partial charge in [-0.05, 0) is 30.3 Å². The minimum absolute atomic E-state index is 0.0641. The average Bonchev–Trinajstić information content (AvgIpc) is 2.70. The van der Waals surface area contributed by atoms with E-state index in [2.05, 4.69) is 20.6 Å². The van der Waals surface area contributed by atoms with Gasteiger partial charge in [0.1, 0.15) is 13.2 Å². The van der Waals surface area contributed by atoms with Crippen LogP contribution < -0.4 is 20.1 Å². The van der Waals surface area contributed by atoms with Crippen LogP contribution in [0.1, 0.15) is 5.56 Å². The van der Waals surface area contributed by atoms with E-state index in [0.29, 0.717) is 30.4 Å². The van der Waals surface area contributed by atoms with E-state index in [1.165, 1.54) is 12.1 Å². The van der Waals surface area contributed by atoms with E-state index in [4.69, 9.17) is 9.47 Å². The topological polar surface area (TPSA) is 68.3 Å². The minimum Gasteiger partial charge on any atom is -0.486 e. The monoisotopic (exact) mass is 406 g/mol. The lowest BCUT2D eigenvalue weighted by molar-refractivity contribution is -0.137. The van der Waals surface area contributed by atoms with Crippen LogP contribution in [-0.2, 0) is 6.18 Å². The van der Waals surface area contributed by atoms with Gasteiger partial charge in [-0.3, -0.25) is 0 Å². The SMILES string of the molecule is Fc1cnc(Nc2cccc(C(F)(F)F)c2)nc1Nc1ccc2c(c1)OCCO2. The van der Waals surface area contributed by atoms with E-state index in [0.717, 1.165) is 18.3 Å². The number of rotatable bonds is 4. The summed E-state index contributed by atoms with van der Waals surface area (Å²) in [5.74, 6) is 0.154. The van der Waals surface area contributed by atoms with Crippen LogP contribution in [0.3, 0.4) is 0 Å². The van der Waals surface area contributed by atoms with Gasteiger partial charge in [-0.1, -0.05) is 6.07 Å². The number of ether oxygens (including phenoxy) is 2. The number of anilines is 4. The summed E-state index contributed by atoms with van der Waals surface area (Å²) in [5, 5.41) is 5.45. The van der Waals surface area contributed by atoms with Crippen LogP contribution in [-0.4, -0.2) is 23.2 Å². The van der Waals surface area contributed by atoms with Crippen molar-refractivity contribution in [1.82, 2.24) is 9.97 Å². The first-order chi connectivity index (χ1) is 13.9. The maximum absolute atomic E-state index is 14.1. The maximum Gasteiger partial charge on any atom is 0.416 e. The van der Waals surface area contributed by atoms with Crippen LogP contribution in [0.4, 0.5) is 40.7 Å². The molecule has 10 heteroatoms. The molecule has 0 radical (unpaired) electrons. The van der Waals surface area contributed by atoms with Crippen LogP contribution in [0.5, 0.6) is 11.5 Å². The lowest BCUT2D eigenvalue weighted by atomic mass is 10.2. The van der Waals surface area contributed by atoms with Gasteiger partial charge in [0.05, 0.1) is 11.8 Å². The molecule has 150 valence electrons. The number of alkyl halides is 3. The third kappa shape index (κ3) is 4.31. The van der Waals surface area contributed by atoms with Gasteiger partial charge in [-0.2, -0.15) is 18.2 Å². The molecule has 0 bridgehead atoms. The second kappa shape index (κ2) is 7.46. The molecule has 6 nitrogen and oxygen atoms in total. The van der Waals surface area contributed by atoms with Crippen molar-refractivity contribution in [3.05, 3.63) is 60.0 Å². The Bertz CT molecular complexity index is 1040. The van der Waals surface area contributed by atoms with E-state index in [9.17, 15) is 17.6 Å². The molecule has 0 atom stereocenters. The molecule has 0 aliphatic carbocycles. The van der Waals surface area contributed by atoms with Gasteiger partial charge >= 0.3 is 6.18 Å². The van der Waals surface area contributed by atoms with Crippen LogP contribution >= 0.6 is 0 Å². The van der Waals surface area contributed by atoms with Crippen molar-refractivity contribution in [3.63, 3.8) is 0 Å². The summed E-state index contributed by atoms with van der Waals surface area (Å²) in [7, 11) is 0. The molecule has 29 heavy (non-hydrogen) atoms. The Balaban J connectivity index is 1.55. The van der Waals surface area contributed by atoms with Crippen molar-refractivity contribution in [3.8, 4) is 11.5 Å². The predicted octanol–water partition coefficient (Wildman–Crippen LogP) is 4.89. The molecule has 2 heterocycles. The maximum atomic E-state index is 14.1. The van der Waals surface area contributed by atoms with Crippen molar-refractivity contribution >= 4 is 23.1 Å². The fourth-order valence-corrected chi connectivity index (χ4v) is 2.68. The lowest BCUT2D eigenvalue weighted by Gasteiger charge is -2.19. The van der Waals surface area contributed by atoms with Crippen molar-refractivity contribution in [2.75, 3.05) is 23.8 Å². The molecule has 0 spiro atoms. The Kier molecular flexibility index (Phi) is 4.83. The van der Waals surface area contributed by atoms with Crippen molar-refractivity contribution < 1.29 is 27.0 Å². The molecular formula is C19H14F4N4O2. The highest BCUT2D eigenvalue weighted by atomic mass is 19.4. The Morgan fingerprint density at radius 2 is 1.66 bits per heavy atom.